The molecule has 1 N–H and O–H groups in total. The van der Waals surface area contributed by atoms with Gasteiger partial charge in [0.1, 0.15) is 5.41 Å². The topological polar surface area (TPSA) is 86.9 Å². The molecule has 0 spiro atoms. The van der Waals surface area contributed by atoms with E-state index >= 15 is 0 Å². The van der Waals surface area contributed by atoms with E-state index in [0.29, 0.717) is 29.5 Å². The predicted molar refractivity (Wildman–Crippen MR) is 63.1 cm³/mol. The molecular formula is C13H10N2O3. The Labute approximate surface area is 102 Å². The van der Waals surface area contributed by atoms with Gasteiger partial charge in [-0.3, -0.25) is 9.78 Å². The minimum absolute atomic E-state index is 0.166. The molecule has 5 heteroatoms. The standard InChI is InChI=1S/C13H10N2O3/c14-7-13(4-1-5-13)11(16)8-2-3-10-9(6-8)15-12(17)18-10/h2-3,6H,1,4-5H2,(H,15,17). The van der Waals surface area contributed by atoms with Crippen molar-refractivity contribution < 1.29 is 9.21 Å². The molecule has 0 atom stereocenters. The van der Waals surface area contributed by atoms with Crippen LogP contribution in [0.2, 0.25) is 0 Å². The highest BCUT2D eigenvalue weighted by Crippen LogP contribution is 2.43. The number of aromatic nitrogens is 1. The molecule has 0 radical (unpaired) electrons. The summed E-state index contributed by atoms with van der Waals surface area (Å²) in [6.07, 6.45) is 2.13. The number of H-pyrrole nitrogens is 1. The third kappa shape index (κ3) is 1.39. The van der Waals surface area contributed by atoms with E-state index in [4.69, 9.17) is 9.68 Å². The largest absolute Gasteiger partial charge is 0.417 e. The third-order valence-corrected chi connectivity index (χ3v) is 3.54. The van der Waals surface area contributed by atoms with Crippen LogP contribution < -0.4 is 5.76 Å². The number of nitriles is 1. The molecule has 3 rings (SSSR count). The highest BCUT2D eigenvalue weighted by atomic mass is 16.4. The van der Waals surface area contributed by atoms with E-state index in [0.717, 1.165) is 6.42 Å². The summed E-state index contributed by atoms with van der Waals surface area (Å²) in [7, 11) is 0. The van der Waals surface area contributed by atoms with Crippen LogP contribution in [0, 0.1) is 16.7 Å². The van der Waals surface area contributed by atoms with Gasteiger partial charge in [0.05, 0.1) is 11.6 Å². The lowest BCUT2D eigenvalue weighted by Gasteiger charge is -2.33. The van der Waals surface area contributed by atoms with Crippen molar-refractivity contribution in [3.8, 4) is 6.07 Å². The Hall–Kier alpha value is -2.35. The van der Waals surface area contributed by atoms with Crippen LogP contribution in [0.3, 0.4) is 0 Å². The molecule has 1 aliphatic rings. The predicted octanol–water partition coefficient (Wildman–Crippen LogP) is 2.00. The van der Waals surface area contributed by atoms with Crippen molar-refractivity contribution in [3.63, 3.8) is 0 Å². The molecule has 5 nitrogen and oxygen atoms in total. The van der Waals surface area contributed by atoms with Gasteiger partial charge < -0.3 is 4.42 Å². The van der Waals surface area contributed by atoms with Crippen molar-refractivity contribution in [2.45, 2.75) is 19.3 Å². The van der Waals surface area contributed by atoms with E-state index in [1.165, 1.54) is 0 Å². The minimum Gasteiger partial charge on any atom is -0.408 e. The van der Waals surface area contributed by atoms with Crippen molar-refractivity contribution in [2.75, 3.05) is 0 Å². The number of rotatable bonds is 2. The molecule has 1 saturated carbocycles. The monoisotopic (exact) mass is 242 g/mol. The number of Topliss-reactive ketones (excluding diaryl/α,β-unsaturated/α-hetero) is 1. The quantitative estimate of drug-likeness (QED) is 0.816. The van der Waals surface area contributed by atoms with Gasteiger partial charge in [0.15, 0.2) is 11.4 Å². The van der Waals surface area contributed by atoms with Gasteiger partial charge in [-0.2, -0.15) is 5.26 Å². The van der Waals surface area contributed by atoms with Crippen LogP contribution >= 0.6 is 0 Å². The Balaban J connectivity index is 2.07. The normalized spacial score (nSPS) is 17.1. The Morgan fingerprint density at radius 2 is 2.22 bits per heavy atom. The second kappa shape index (κ2) is 3.57. The van der Waals surface area contributed by atoms with E-state index in [9.17, 15) is 9.59 Å². The highest BCUT2D eigenvalue weighted by molar-refractivity contribution is 6.04. The molecule has 0 saturated heterocycles. The van der Waals surface area contributed by atoms with Crippen molar-refractivity contribution in [2.24, 2.45) is 5.41 Å². The molecule has 2 aromatic rings. The summed E-state index contributed by atoms with van der Waals surface area (Å²) >= 11 is 0. The molecule has 0 amide bonds. The summed E-state index contributed by atoms with van der Waals surface area (Å²) in [5.74, 6) is -0.714. The van der Waals surface area contributed by atoms with Crippen LogP contribution in [0.5, 0.6) is 0 Å². The second-order valence-electron chi connectivity index (χ2n) is 4.60. The first-order valence-corrected chi connectivity index (χ1v) is 5.74. The van der Waals surface area contributed by atoms with Gasteiger partial charge >= 0.3 is 5.76 Å². The second-order valence-corrected chi connectivity index (χ2v) is 4.60. The first kappa shape index (κ1) is 10.8. The number of benzene rings is 1. The van der Waals surface area contributed by atoms with Gasteiger partial charge in [-0.15, -0.1) is 0 Å². The number of nitrogens with one attached hydrogen (secondary N) is 1. The zero-order chi connectivity index (χ0) is 12.8. The van der Waals surface area contributed by atoms with Crippen LogP contribution in [0.15, 0.2) is 27.4 Å². The Morgan fingerprint density at radius 3 is 2.83 bits per heavy atom. The lowest BCUT2D eigenvalue weighted by atomic mass is 9.65. The summed E-state index contributed by atoms with van der Waals surface area (Å²) in [4.78, 5) is 25.8. The maximum atomic E-state index is 12.3. The average molecular weight is 242 g/mol. The number of oxazole rings is 1. The zero-order valence-electron chi connectivity index (χ0n) is 9.53. The molecule has 0 aliphatic heterocycles. The third-order valence-electron chi connectivity index (χ3n) is 3.54. The van der Waals surface area contributed by atoms with E-state index in [2.05, 4.69) is 11.1 Å². The number of hydrogen-bond acceptors (Lipinski definition) is 4. The SMILES string of the molecule is N#CC1(C(=O)c2ccc3oc(=O)[nH]c3c2)CCC1. The molecule has 1 aliphatic carbocycles. The average Bonchev–Trinajstić information content (AvgIpc) is 2.67. The van der Waals surface area contributed by atoms with Crippen molar-refractivity contribution in [1.82, 2.24) is 4.98 Å². The van der Waals surface area contributed by atoms with E-state index in [1.54, 1.807) is 18.2 Å². The molecule has 18 heavy (non-hydrogen) atoms. The number of fused-ring (bicyclic) bond motifs is 1. The van der Waals surface area contributed by atoms with Gasteiger partial charge in [-0.1, -0.05) is 0 Å². The molecule has 1 aromatic carbocycles. The van der Waals surface area contributed by atoms with Crippen molar-refractivity contribution in [1.29, 1.82) is 5.26 Å². The zero-order valence-corrected chi connectivity index (χ0v) is 9.53. The van der Waals surface area contributed by atoms with E-state index < -0.39 is 11.2 Å². The van der Waals surface area contributed by atoms with Gasteiger partial charge in [0, 0.05) is 5.56 Å². The van der Waals surface area contributed by atoms with E-state index in [-0.39, 0.29) is 5.78 Å². The van der Waals surface area contributed by atoms with Gasteiger partial charge in [0.2, 0.25) is 0 Å². The molecule has 0 bridgehead atoms. The number of nitrogens with zero attached hydrogens (tertiary/aromatic N) is 1. The lowest BCUT2D eigenvalue weighted by molar-refractivity contribution is 0.0748. The number of ketones is 1. The van der Waals surface area contributed by atoms with Crippen LogP contribution in [-0.2, 0) is 0 Å². The summed E-state index contributed by atoms with van der Waals surface area (Å²) < 4.78 is 4.87. The molecular weight excluding hydrogens is 232 g/mol. The number of carbonyl (C=O) groups is 1. The number of carbonyl (C=O) groups excluding carboxylic acids is 1. The van der Waals surface area contributed by atoms with Crippen molar-refractivity contribution >= 4 is 16.9 Å². The minimum atomic E-state index is -0.863. The van der Waals surface area contributed by atoms with E-state index in [1.807, 2.05) is 0 Å². The Kier molecular flexibility index (Phi) is 2.14. The number of hydrogen-bond donors (Lipinski definition) is 1. The summed E-state index contributed by atoms with van der Waals surface area (Å²) in [5, 5.41) is 9.14. The molecule has 1 heterocycles. The highest BCUT2D eigenvalue weighted by Gasteiger charge is 2.44. The fraction of sp³-hybridized carbons (Fsp3) is 0.308. The lowest BCUT2D eigenvalue weighted by Crippen LogP contribution is -2.36. The van der Waals surface area contributed by atoms with Crippen molar-refractivity contribution in [3.05, 3.63) is 34.3 Å². The summed E-state index contributed by atoms with van der Waals surface area (Å²) in [6, 6.07) is 6.86. The first-order chi connectivity index (χ1) is 8.64. The first-order valence-electron chi connectivity index (χ1n) is 5.74. The number of aromatic amines is 1. The van der Waals surface area contributed by atoms with Crippen LogP contribution in [0.1, 0.15) is 29.6 Å². The Bertz CT molecular complexity index is 729. The van der Waals surface area contributed by atoms with Crippen LogP contribution in [-0.4, -0.2) is 10.8 Å². The smallest absolute Gasteiger partial charge is 0.408 e. The fourth-order valence-electron chi connectivity index (χ4n) is 2.29. The van der Waals surface area contributed by atoms with Gasteiger partial charge in [0.25, 0.3) is 0 Å². The molecule has 0 unspecified atom stereocenters. The van der Waals surface area contributed by atoms with Crippen LogP contribution in [0.25, 0.3) is 11.1 Å². The summed E-state index contributed by atoms with van der Waals surface area (Å²) in [5.41, 5.74) is 0.479. The maximum absolute atomic E-state index is 12.3. The molecule has 1 aromatic heterocycles. The fourth-order valence-corrected chi connectivity index (χ4v) is 2.29. The maximum Gasteiger partial charge on any atom is 0.417 e. The van der Waals surface area contributed by atoms with Gasteiger partial charge in [-0.25, -0.2) is 4.79 Å². The summed E-state index contributed by atoms with van der Waals surface area (Å²) in [6.45, 7) is 0. The Morgan fingerprint density at radius 1 is 1.44 bits per heavy atom. The van der Waals surface area contributed by atoms with Crippen LogP contribution in [0.4, 0.5) is 0 Å². The molecule has 90 valence electrons. The molecule has 1 fully saturated rings. The van der Waals surface area contributed by atoms with Gasteiger partial charge in [-0.05, 0) is 37.5 Å².